The Morgan fingerprint density at radius 2 is 1.88 bits per heavy atom. The average Bonchev–Trinajstić information content (AvgIpc) is 3.38. The van der Waals surface area contributed by atoms with E-state index in [4.69, 9.17) is 16.7 Å². The Bertz CT molecular complexity index is 765. The number of benzene rings is 1. The van der Waals surface area contributed by atoms with Gasteiger partial charge in [-0.3, -0.25) is 0 Å². The van der Waals surface area contributed by atoms with Crippen molar-refractivity contribution < 1.29 is 9.90 Å². The van der Waals surface area contributed by atoms with E-state index >= 15 is 0 Å². The topological polar surface area (TPSA) is 74.2 Å². The van der Waals surface area contributed by atoms with Crippen LogP contribution in [0.2, 0.25) is 5.15 Å². The Hall–Kier alpha value is -1.53. The predicted molar refractivity (Wildman–Crippen MR) is 110 cm³/mol. The molecule has 1 fully saturated rings. The van der Waals surface area contributed by atoms with Crippen LogP contribution < -0.4 is 10.6 Å². The molecule has 1 saturated carbocycles. The molecule has 1 aliphatic carbocycles. The summed E-state index contributed by atoms with van der Waals surface area (Å²) in [7, 11) is 1.99. The minimum absolute atomic E-state index is 0. The number of hydrogen-bond donors (Lipinski definition) is 3. The molecule has 0 aliphatic heterocycles. The summed E-state index contributed by atoms with van der Waals surface area (Å²) in [4.78, 5) is 15.2. The van der Waals surface area contributed by atoms with E-state index in [0.717, 1.165) is 29.7 Å². The Kier molecular flexibility index (Phi) is 7.71. The average molecular weight is 419 g/mol. The lowest BCUT2D eigenvalue weighted by Crippen LogP contribution is -2.42. The van der Waals surface area contributed by atoms with Crippen molar-refractivity contribution in [2.45, 2.75) is 31.3 Å². The number of aromatic nitrogens is 1. The first-order chi connectivity index (χ1) is 11.4. The van der Waals surface area contributed by atoms with E-state index in [1.807, 2.05) is 13.1 Å². The molecule has 0 saturated heterocycles. The monoisotopic (exact) mass is 417 g/mol. The summed E-state index contributed by atoms with van der Waals surface area (Å²) in [5.41, 5.74) is 2.91. The third-order valence-corrected chi connectivity index (χ3v) is 5.08. The molecule has 3 rings (SSSR count). The van der Waals surface area contributed by atoms with Gasteiger partial charge in [-0.05, 0) is 50.6 Å². The van der Waals surface area contributed by atoms with Crippen LogP contribution >= 0.6 is 36.4 Å². The van der Waals surface area contributed by atoms with Gasteiger partial charge in [0.15, 0.2) is 0 Å². The van der Waals surface area contributed by atoms with Crippen LogP contribution in [0.25, 0.3) is 11.1 Å². The summed E-state index contributed by atoms with van der Waals surface area (Å²) >= 11 is 6.23. The van der Waals surface area contributed by atoms with Crippen LogP contribution in [0.3, 0.4) is 0 Å². The zero-order chi connectivity index (χ0) is 17.3. The Labute approximate surface area is 170 Å². The number of carbonyl (C=O) groups is 1. The van der Waals surface area contributed by atoms with Gasteiger partial charge in [-0.2, -0.15) is 0 Å². The fraction of sp³-hybridized carbons (Fsp3) is 0.333. The van der Waals surface area contributed by atoms with Gasteiger partial charge < -0.3 is 15.7 Å². The molecule has 1 aromatic heterocycles. The number of nitrogens with one attached hydrogen (secondary N) is 2. The summed E-state index contributed by atoms with van der Waals surface area (Å²) in [6, 6.07) is 8.85. The van der Waals surface area contributed by atoms with E-state index in [-0.39, 0.29) is 42.0 Å². The van der Waals surface area contributed by atoms with Gasteiger partial charge in [-0.15, -0.1) is 24.8 Å². The van der Waals surface area contributed by atoms with Crippen molar-refractivity contribution in [3.8, 4) is 11.1 Å². The molecule has 3 N–H and O–H groups in total. The number of aromatic carboxylic acids is 1. The number of anilines is 1. The van der Waals surface area contributed by atoms with Crippen molar-refractivity contribution in [2.75, 3.05) is 12.4 Å². The van der Waals surface area contributed by atoms with Crippen molar-refractivity contribution >= 4 is 48.1 Å². The molecule has 1 atom stereocenters. The maximum Gasteiger partial charge on any atom is 0.335 e. The standard InChI is InChI=1S/C18H20ClN3O2.2ClH/c1-11(18(20-2)7-8-18)22-14-9-15(16(19)21-10-14)12-3-5-13(6-4-12)17(23)24;;/h3-6,9-11,20,22H,7-8H2,1-2H3,(H,23,24);2*1H. The fourth-order valence-corrected chi connectivity index (χ4v) is 3.16. The number of nitrogens with zero attached hydrogens (tertiary/aromatic N) is 1. The summed E-state index contributed by atoms with van der Waals surface area (Å²) < 4.78 is 0. The highest BCUT2D eigenvalue weighted by molar-refractivity contribution is 6.32. The number of carboxylic acids is 1. The highest BCUT2D eigenvalue weighted by Gasteiger charge is 2.46. The highest BCUT2D eigenvalue weighted by atomic mass is 35.5. The molecule has 5 nitrogen and oxygen atoms in total. The van der Waals surface area contributed by atoms with Crippen LogP contribution in [0.1, 0.15) is 30.1 Å². The zero-order valence-corrected chi connectivity index (χ0v) is 16.8. The van der Waals surface area contributed by atoms with Gasteiger partial charge in [0.2, 0.25) is 0 Å². The van der Waals surface area contributed by atoms with Crippen LogP contribution in [0.5, 0.6) is 0 Å². The van der Waals surface area contributed by atoms with Gasteiger partial charge in [0, 0.05) is 17.1 Å². The second-order valence-electron chi connectivity index (χ2n) is 6.22. The normalized spacial score (nSPS) is 15.2. The van der Waals surface area contributed by atoms with E-state index in [0.29, 0.717) is 5.15 Å². The maximum absolute atomic E-state index is 11.0. The fourth-order valence-electron chi connectivity index (χ4n) is 2.94. The zero-order valence-electron chi connectivity index (χ0n) is 14.5. The highest BCUT2D eigenvalue weighted by Crippen LogP contribution is 2.39. The number of likely N-dealkylation sites (N-methyl/N-ethyl adjacent to an activating group) is 1. The molecular formula is C18H22Cl3N3O2. The molecule has 0 radical (unpaired) electrons. The second kappa shape index (κ2) is 8.91. The number of pyridine rings is 1. The minimum Gasteiger partial charge on any atom is -0.478 e. The summed E-state index contributed by atoms with van der Waals surface area (Å²) in [6.45, 7) is 2.15. The summed E-state index contributed by atoms with van der Waals surface area (Å²) in [6.07, 6.45) is 4.03. The molecule has 1 aliphatic rings. The van der Waals surface area contributed by atoms with Crippen LogP contribution in [0.4, 0.5) is 5.69 Å². The maximum atomic E-state index is 11.0. The van der Waals surface area contributed by atoms with Crippen molar-refractivity contribution in [2.24, 2.45) is 0 Å². The lowest BCUT2D eigenvalue weighted by atomic mass is 10.0. The molecule has 1 aromatic carbocycles. The van der Waals surface area contributed by atoms with Gasteiger partial charge in [0.05, 0.1) is 17.4 Å². The van der Waals surface area contributed by atoms with Crippen LogP contribution in [0.15, 0.2) is 36.5 Å². The molecule has 1 unspecified atom stereocenters. The largest absolute Gasteiger partial charge is 0.478 e. The number of halogens is 3. The van der Waals surface area contributed by atoms with Crippen LogP contribution in [-0.2, 0) is 0 Å². The third-order valence-electron chi connectivity index (χ3n) is 4.78. The number of hydrogen-bond acceptors (Lipinski definition) is 4. The van der Waals surface area contributed by atoms with Gasteiger partial charge in [-0.1, -0.05) is 23.7 Å². The van der Waals surface area contributed by atoms with Crippen molar-refractivity contribution in [3.63, 3.8) is 0 Å². The van der Waals surface area contributed by atoms with Crippen molar-refractivity contribution in [1.29, 1.82) is 0 Å². The third kappa shape index (κ3) is 4.60. The molecule has 0 amide bonds. The first-order valence-electron chi connectivity index (χ1n) is 7.90. The Morgan fingerprint density at radius 3 is 2.38 bits per heavy atom. The summed E-state index contributed by atoms with van der Waals surface area (Å²) in [5.74, 6) is -0.947. The van der Waals surface area contributed by atoms with Gasteiger partial charge >= 0.3 is 5.97 Å². The summed E-state index contributed by atoms with van der Waals surface area (Å²) in [5, 5.41) is 16.3. The smallest absolute Gasteiger partial charge is 0.335 e. The SMILES string of the molecule is CNC1(C(C)Nc2cnc(Cl)c(-c3ccc(C(=O)O)cc3)c2)CC1.Cl.Cl. The van der Waals surface area contributed by atoms with E-state index in [1.54, 1.807) is 30.5 Å². The van der Waals surface area contributed by atoms with Gasteiger partial charge in [0.25, 0.3) is 0 Å². The number of carboxylic acid groups (broad SMARTS) is 1. The molecule has 8 heteroatoms. The lowest BCUT2D eigenvalue weighted by Gasteiger charge is -2.25. The van der Waals surface area contributed by atoms with E-state index in [1.165, 1.54) is 0 Å². The quantitative estimate of drug-likeness (QED) is 0.602. The molecule has 26 heavy (non-hydrogen) atoms. The molecule has 142 valence electrons. The molecule has 0 bridgehead atoms. The molecule has 2 aromatic rings. The Morgan fingerprint density at radius 1 is 1.27 bits per heavy atom. The van der Waals surface area contributed by atoms with Crippen LogP contribution in [0, 0.1) is 0 Å². The van der Waals surface area contributed by atoms with Crippen LogP contribution in [-0.4, -0.2) is 34.7 Å². The molecule has 0 spiro atoms. The predicted octanol–water partition coefficient (Wildman–Crippen LogP) is 4.50. The minimum atomic E-state index is -0.947. The molecular weight excluding hydrogens is 397 g/mol. The lowest BCUT2D eigenvalue weighted by molar-refractivity contribution is 0.0697. The Balaban J connectivity index is 0.00000169. The van der Waals surface area contributed by atoms with Crippen molar-refractivity contribution in [3.05, 3.63) is 47.2 Å². The van der Waals surface area contributed by atoms with E-state index < -0.39 is 5.97 Å². The van der Waals surface area contributed by atoms with Crippen molar-refractivity contribution in [1.82, 2.24) is 10.3 Å². The van der Waals surface area contributed by atoms with Gasteiger partial charge in [-0.25, -0.2) is 9.78 Å². The van der Waals surface area contributed by atoms with Gasteiger partial charge in [0.1, 0.15) is 5.15 Å². The van der Waals surface area contributed by atoms with E-state index in [2.05, 4.69) is 22.5 Å². The first kappa shape index (κ1) is 22.5. The molecule has 1 heterocycles. The first-order valence-corrected chi connectivity index (χ1v) is 8.28. The second-order valence-corrected chi connectivity index (χ2v) is 6.58. The van der Waals surface area contributed by atoms with E-state index in [9.17, 15) is 4.79 Å². The number of rotatable bonds is 6.